The van der Waals surface area contributed by atoms with Crippen molar-refractivity contribution in [2.75, 3.05) is 26.7 Å². The van der Waals surface area contributed by atoms with E-state index in [0.717, 1.165) is 46.2 Å². The maximum atomic E-state index is 11.7. The number of aromatic nitrogens is 1. The van der Waals surface area contributed by atoms with Crippen LogP contribution < -0.4 is 21.7 Å². The van der Waals surface area contributed by atoms with Gasteiger partial charge in [-0.25, -0.2) is 0 Å². The Labute approximate surface area is 191 Å². The Morgan fingerprint density at radius 3 is 2.83 bits per heavy atom. The molecule has 0 spiro atoms. The van der Waals surface area contributed by atoms with Crippen LogP contribution in [0.15, 0.2) is 43.1 Å². The van der Waals surface area contributed by atoms with Crippen molar-refractivity contribution in [3.8, 4) is 5.75 Å². The summed E-state index contributed by atoms with van der Waals surface area (Å²) in [5.41, 5.74) is 1.90. The summed E-state index contributed by atoms with van der Waals surface area (Å²) in [4.78, 5) is 4.51. The Morgan fingerprint density at radius 2 is 2.13 bits per heavy atom. The molecule has 3 fully saturated rings. The molecule has 5 heteroatoms. The van der Waals surface area contributed by atoms with E-state index in [2.05, 4.69) is 31.5 Å². The van der Waals surface area contributed by atoms with Gasteiger partial charge in [0.25, 0.3) is 0 Å². The van der Waals surface area contributed by atoms with Gasteiger partial charge >= 0.3 is 0 Å². The van der Waals surface area contributed by atoms with E-state index in [0.29, 0.717) is 17.8 Å². The Hall–Kier alpha value is -1.43. The summed E-state index contributed by atoms with van der Waals surface area (Å²) in [5, 5.41) is 12.7. The molecule has 3 aliphatic rings. The molecular weight excluding hydrogens is 440 g/mol. The Balaban J connectivity index is 0.00000256. The van der Waals surface area contributed by atoms with Crippen LogP contribution >= 0.6 is 0 Å². The molecule has 3 aliphatic heterocycles. The molecule has 164 valence electrons. The standard InChI is InChI=1S/C25H35N2O2.BrH/c1-5-18-16-27(12-9-17(2)3)13-10-19(18)14-24(27)25(28)21-8-11-26-23-7-6-20(29-4)15-22(21)23;/h5-8,11,15,17-19,24-25,28H,1,9-10,12-14,16H2,2-4H3;1H/q+1;/p-1. The van der Waals surface area contributed by atoms with Crippen LogP contribution in [-0.4, -0.2) is 47.4 Å². The number of rotatable bonds is 7. The molecule has 0 amide bonds. The number of piperidine rings is 3. The molecule has 30 heavy (non-hydrogen) atoms. The molecule has 2 aromatic rings. The molecule has 5 unspecified atom stereocenters. The number of hydrogen-bond acceptors (Lipinski definition) is 3. The number of quaternary nitrogens is 1. The zero-order valence-corrected chi connectivity index (χ0v) is 20.0. The number of aliphatic hydroxyl groups excluding tert-OH is 1. The molecule has 0 saturated carbocycles. The van der Waals surface area contributed by atoms with E-state index in [1.807, 2.05) is 30.5 Å². The van der Waals surface area contributed by atoms with Gasteiger partial charge in [-0.05, 0) is 48.1 Å². The highest BCUT2D eigenvalue weighted by atomic mass is 79.9. The third-order valence-corrected chi connectivity index (χ3v) is 7.49. The van der Waals surface area contributed by atoms with Gasteiger partial charge in [-0.2, -0.15) is 0 Å². The van der Waals surface area contributed by atoms with Gasteiger partial charge in [-0.1, -0.05) is 19.9 Å². The van der Waals surface area contributed by atoms with Gasteiger partial charge in [-0.15, -0.1) is 6.58 Å². The highest BCUT2D eigenvalue weighted by molar-refractivity contribution is 5.83. The lowest BCUT2D eigenvalue weighted by Crippen LogP contribution is -3.00. The lowest BCUT2D eigenvalue weighted by atomic mass is 9.71. The SMILES string of the molecule is C=CC1C[N+]2(CCC(C)C)CCC1CC2C(O)c1ccnc2ccc(OC)cc12.[Br-]. The first kappa shape index (κ1) is 23.2. The molecule has 2 bridgehead atoms. The summed E-state index contributed by atoms with van der Waals surface area (Å²) < 4.78 is 6.47. The zero-order valence-electron chi connectivity index (χ0n) is 18.4. The van der Waals surface area contributed by atoms with Crippen molar-refractivity contribution in [1.29, 1.82) is 0 Å². The third kappa shape index (κ3) is 4.17. The minimum Gasteiger partial charge on any atom is -1.00 e. The Kier molecular flexibility index (Phi) is 7.26. The van der Waals surface area contributed by atoms with Gasteiger partial charge in [-0.3, -0.25) is 4.98 Å². The van der Waals surface area contributed by atoms with Crippen molar-refractivity contribution in [3.05, 3.63) is 48.7 Å². The summed E-state index contributed by atoms with van der Waals surface area (Å²) in [6.45, 7) is 12.2. The van der Waals surface area contributed by atoms with Crippen molar-refractivity contribution in [2.24, 2.45) is 17.8 Å². The summed E-state index contributed by atoms with van der Waals surface area (Å²) in [6.07, 6.45) is 7.03. The second kappa shape index (κ2) is 9.37. The van der Waals surface area contributed by atoms with Crippen LogP contribution in [0, 0.1) is 17.8 Å². The minimum atomic E-state index is -0.492. The molecule has 4 nitrogen and oxygen atoms in total. The van der Waals surface area contributed by atoms with E-state index in [1.54, 1.807) is 7.11 Å². The Morgan fingerprint density at radius 1 is 1.33 bits per heavy atom. The number of ether oxygens (including phenoxy) is 1. The second-order valence-electron chi connectivity index (χ2n) is 9.51. The smallest absolute Gasteiger partial charge is 0.131 e. The van der Waals surface area contributed by atoms with E-state index in [4.69, 9.17) is 4.74 Å². The fraction of sp³-hybridized carbons (Fsp3) is 0.560. The van der Waals surface area contributed by atoms with Gasteiger partial charge in [0.05, 0.1) is 32.3 Å². The zero-order chi connectivity index (χ0) is 20.6. The van der Waals surface area contributed by atoms with Crippen LogP contribution in [0.4, 0.5) is 0 Å². The molecular formula is C25H35BrN2O2. The quantitative estimate of drug-likeness (QED) is 0.490. The predicted molar refractivity (Wildman–Crippen MR) is 118 cm³/mol. The maximum absolute atomic E-state index is 11.7. The van der Waals surface area contributed by atoms with Crippen molar-refractivity contribution in [1.82, 2.24) is 4.98 Å². The number of pyridine rings is 1. The molecule has 3 saturated heterocycles. The minimum absolute atomic E-state index is 0. The van der Waals surface area contributed by atoms with Gasteiger partial charge in [0, 0.05) is 30.3 Å². The van der Waals surface area contributed by atoms with Crippen LogP contribution in [-0.2, 0) is 0 Å². The van der Waals surface area contributed by atoms with Crippen LogP contribution in [0.2, 0.25) is 0 Å². The normalized spacial score (nSPS) is 28.9. The number of fused-ring (bicyclic) bond motifs is 4. The summed E-state index contributed by atoms with van der Waals surface area (Å²) in [7, 11) is 1.68. The predicted octanol–water partition coefficient (Wildman–Crippen LogP) is 1.74. The molecule has 0 radical (unpaired) electrons. The van der Waals surface area contributed by atoms with Crippen molar-refractivity contribution >= 4 is 10.9 Å². The third-order valence-electron chi connectivity index (χ3n) is 7.49. The number of nitrogens with zero attached hydrogens (tertiary/aromatic N) is 2. The van der Waals surface area contributed by atoms with Crippen molar-refractivity contribution in [2.45, 2.75) is 45.3 Å². The van der Waals surface area contributed by atoms with E-state index in [-0.39, 0.29) is 23.0 Å². The first-order valence-corrected chi connectivity index (χ1v) is 11.1. The average molecular weight is 475 g/mol. The van der Waals surface area contributed by atoms with Crippen LogP contribution in [0.5, 0.6) is 5.75 Å². The number of hydrogen-bond donors (Lipinski definition) is 1. The topological polar surface area (TPSA) is 42.4 Å². The van der Waals surface area contributed by atoms with Gasteiger partial charge in [0.1, 0.15) is 17.9 Å². The van der Waals surface area contributed by atoms with Crippen LogP contribution in [0.25, 0.3) is 10.9 Å². The molecule has 1 aromatic carbocycles. The lowest BCUT2D eigenvalue weighted by molar-refractivity contribution is -0.973. The second-order valence-corrected chi connectivity index (χ2v) is 9.51. The van der Waals surface area contributed by atoms with E-state index in [9.17, 15) is 5.11 Å². The fourth-order valence-corrected chi connectivity index (χ4v) is 5.74. The number of benzene rings is 1. The van der Waals surface area contributed by atoms with Crippen molar-refractivity contribution < 1.29 is 31.3 Å². The summed E-state index contributed by atoms with van der Waals surface area (Å²) in [6, 6.07) is 8.17. The largest absolute Gasteiger partial charge is 1.00 e. The first-order chi connectivity index (χ1) is 14.0. The van der Waals surface area contributed by atoms with E-state index in [1.165, 1.54) is 19.4 Å². The first-order valence-electron chi connectivity index (χ1n) is 11.1. The highest BCUT2D eigenvalue weighted by Gasteiger charge is 2.53. The summed E-state index contributed by atoms with van der Waals surface area (Å²) >= 11 is 0. The molecule has 1 N–H and O–H groups in total. The highest BCUT2D eigenvalue weighted by Crippen LogP contribution is 2.47. The van der Waals surface area contributed by atoms with Gasteiger partial charge < -0.3 is 31.3 Å². The molecule has 1 aromatic heterocycles. The average Bonchev–Trinajstić information content (AvgIpc) is 2.76. The number of methoxy groups -OCH3 is 1. The number of halogens is 1. The summed E-state index contributed by atoms with van der Waals surface area (Å²) in [5.74, 6) is 2.70. The fourth-order valence-electron chi connectivity index (χ4n) is 5.74. The van der Waals surface area contributed by atoms with Crippen molar-refractivity contribution in [3.63, 3.8) is 0 Å². The van der Waals surface area contributed by atoms with Crippen LogP contribution in [0.3, 0.4) is 0 Å². The molecule has 4 heterocycles. The molecule has 0 aliphatic carbocycles. The van der Waals surface area contributed by atoms with Gasteiger partial charge in [0.15, 0.2) is 0 Å². The number of aliphatic hydroxyl groups is 1. The molecule has 5 rings (SSSR count). The monoisotopic (exact) mass is 474 g/mol. The van der Waals surface area contributed by atoms with Gasteiger partial charge in [0.2, 0.25) is 0 Å². The van der Waals surface area contributed by atoms with Crippen LogP contribution in [0.1, 0.15) is 44.8 Å². The molecule has 5 atom stereocenters. The maximum Gasteiger partial charge on any atom is 0.131 e. The Bertz CT molecular complexity index is 887. The lowest BCUT2D eigenvalue weighted by Gasteiger charge is -2.58. The van der Waals surface area contributed by atoms with E-state index >= 15 is 0 Å². The van der Waals surface area contributed by atoms with E-state index < -0.39 is 6.10 Å².